The Hall–Kier alpha value is -1.35. The van der Waals surface area contributed by atoms with E-state index in [-0.39, 0.29) is 5.91 Å². The predicted octanol–water partition coefficient (Wildman–Crippen LogP) is 1.36. The number of carbonyl (C=O) groups is 1. The molecule has 0 unspecified atom stereocenters. The van der Waals surface area contributed by atoms with E-state index in [4.69, 9.17) is 0 Å². The Morgan fingerprint density at radius 2 is 1.89 bits per heavy atom. The smallest absolute Gasteiger partial charge is 0.236 e. The number of amides is 1. The fourth-order valence-corrected chi connectivity index (χ4v) is 2.73. The zero-order valence-electron chi connectivity index (χ0n) is 10.9. The third-order valence-electron chi connectivity index (χ3n) is 4.08. The lowest BCUT2D eigenvalue weighted by Crippen LogP contribution is -2.41. The average molecular weight is 244 g/mol. The van der Waals surface area contributed by atoms with Gasteiger partial charge in [-0.3, -0.25) is 4.79 Å². The summed E-state index contributed by atoms with van der Waals surface area (Å²) in [6.45, 7) is 0.478. The first-order chi connectivity index (χ1) is 8.74. The number of fused-ring (bicyclic) bond motifs is 1. The van der Waals surface area contributed by atoms with Gasteiger partial charge in [0.2, 0.25) is 5.91 Å². The van der Waals surface area contributed by atoms with Gasteiger partial charge in [0.15, 0.2) is 0 Å². The van der Waals surface area contributed by atoms with Crippen molar-refractivity contribution < 1.29 is 4.79 Å². The highest BCUT2D eigenvalue weighted by molar-refractivity contribution is 5.78. The molecule has 0 saturated heterocycles. The van der Waals surface area contributed by atoms with Gasteiger partial charge in [-0.15, -0.1) is 0 Å². The SMILES string of the molecule is CN(C(=O)CNC1Cc2ccccc2C1)C1CC1. The van der Waals surface area contributed by atoms with Crippen LogP contribution in [0.5, 0.6) is 0 Å². The molecule has 2 aliphatic carbocycles. The lowest BCUT2D eigenvalue weighted by Gasteiger charge is -2.18. The molecule has 0 atom stereocenters. The monoisotopic (exact) mass is 244 g/mol. The summed E-state index contributed by atoms with van der Waals surface area (Å²) >= 11 is 0. The fourth-order valence-electron chi connectivity index (χ4n) is 2.73. The maximum Gasteiger partial charge on any atom is 0.236 e. The Bertz CT molecular complexity index is 429. The van der Waals surface area contributed by atoms with Gasteiger partial charge in [0, 0.05) is 19.1 Å². The van der Waals surface area contributed by atoms with Crippen molar-refractivity contribution in [2.24, 2.45) is 0 Å². The molecule has 1 aromatic carbocycles. The molecule has 1 aromatic rings. The van der Waals surface area contributed by atoms with Crippen LogP contribution in [-0.4, -0.2) is 36.5 Å². The van der Waals surface area contributed by atoms with E-state index in [0.29, 0.717) is 18.6 Å². The van der Waals surface area contributed by atoms with Crippen LogP contribution >= 0.6 is 0 Å². The van der Waals surface area contributed by atoms with Crippen LogP contribution in [0.3, 0.4) is 0 Å². The van der Waals surface area contributed by atoms with E-state index in [1.165, 1.54) is 24.0 Å². The average Bonchev–Trinajstić information content (AvgIpc) is 3.14. The second-order valence-corrected chi connectivity index (χ2v) is 5.49. The molecule has 1 N–H and O–H groups in total. The van der Waals surface area contributed by atoms with E-state index in [2.05, 4.69) is 29.6 Å². The summed E-state index contributed by atoms with van der Waals surface area (Å²) in [6.07, 6.45) is 4.46. The first-order valence-electron chi connectivity index (χ1n) is 6.80. The van der Waals surface area contributed by atoms with Gasteiger partial charge in [0.05, 0.1) is 6.54 Å². The van der Waals surface area contributed by atoms with Crippen molar-refractivity contribution in [3.8, 4) is 0 Å². The van der Waals surface area contributed by atoms with Crippen molar-refractivity contribution in [3.63, 3.8) is 0 Å². The standard InChI is InChI=1S/C15H20N2O/c1-17(14-6-7-14)15(18)10-16-13-8-11-4-2-3-5-12(11)9-13/h2-5,13-14,16H,6-10H2,1H3. The summed E-state index contributed by atoms with van der Waals surface area (Å²) in [7, 11) is 1.92. The van der Waals surface area contributed by atoms with Crippen LogP contribution < -0.4 is 5.32 Å². The zero-order chi connectivity index (χ0) is 12.5. The predicted molar refractivity (Wildman–Crippen MR) is 71.4 cm³/mol. The van der Waals surface area contributed by atoms with Crippen molar-refractivity contribution in [1.82, 2.24) is 10.2 Å². The van der Waals surface area contributed by atoms with Crippen LogP contribution in [0.1, 0.15) is 24.0 Å². The molecular weight excluding hydrogens is 224 g/mol. The van der Waals surface area contributed by atoms with Crippen molar-refractivity contribution in [3.05, 3.63) is 35.4 Å². The molecule has 0 aromatic heterocycles. The molecule has 96 valence electrons. The molecule has 3 heteroatoms. The van der Waals surface area contributed by atoms with E-state index >= 15 is 0 Å². The molecule has 2 aliphatic rings. The Morgan fingerprint density at radius 1 is 1.28 bits per heavy atom. The van der Waals surface area contributed by atoms with Crippen LogP contribution in [0.4, 0.5) is 0 Å². The Balaban J connectivity index is 1.49. The Morgan fingerprint density at radius 3 is 2.44 bits per heavy atom. The number of hydrogen-bond donors (Lipinski definition) is 1. The normalized spacial score (nSPS) is 18.7. The molecule has 0 radical (unpaired) electrons. The quantitative estimate of drug-likeness (QED) is 0.867. The maximum atomic E-state index is 11.9. The van der Waals surface area contributed by atoms with Crippen molar-refractivity contribution >= 4 is 5.91 Å². The number of carbonyl (C=O) groups excluding carboxylic acids is 1. The van der Waals surface area contributed by atoms with E-state index in [9.17, 15) is 4.79 Å². The van der Waals surface area contributed by atoms with Gasteiger partial charge in [-0.1, -0.05) is 24.3 Å². The van der Waals surface area contributed by atoms with E-state index in [0.717, 1.165) is 12.8 Å². The van der Waals surface area contributed by atoms with Gasteiger partial charge in [-0.2, -0.15) is 0 Å². The van der Waals surface area contributed by atoms with Crippen LogP contribution in [0.25, 0.3) is 0 Å². The summed E-state index contributed by atoms with van der Waals surface area (Å²) in [5, 5.41) is 3.40. The second-order valence-electron chi connectivity index (χ2n) is 5.49. The van der Waals surface area contributed by atoms with E-state index < -0.39 is 0 Å². The topological polar surface area (TPSA) is 32.3 Å². The molecule has 0 heterocycles. The van der Waals surface area contributed by atoms with E-state index in [1.54, 1.807) is 0 Å². The highest BCUT2D eigenvalue weighted by Crippen LogP contribution is 2.25. The lowest BCUT2D eigenvalue weighted by atomic mass is 10.1. The number of rotatable bonds is 4. The number of nitrogens with zero attached hydrogens (tertiary/aromatic N) is 1. The highest BCUT2D eigenvalue weighted by atomic mass is 16.2. The molecule has 3 nitrogen and oxygen atoms in total. The van der Waals surface area contributed by atoms with Gasteiger partial charge in [0.25, 0.3) is 0 Å². The molecular formula is C15H20N2O. The van der Waals surface area contributed by atoms with Gasteiger partial charge < -0.3 is 10.2 Å². The first kappa shape index (κ1) is 11.7. The van der Waals surface area contributed by atoms with Crippen LogP contribution in [0.15, 0.2) is 24.3 Å². The van der Waals surface area contributed by atoms with E-state index in [1.807, 2.05) is 11.9 Å². The first-order valence-corrected chi connectivity index (χ1v) is 6.80. The Labute approximate surface area is 108 Å². The summed E-state index contributed by atoms with van der Waals surface area (Å²) in [5.74, 6) is 0.230. The maximum absolute atomic E-state index is 11.9. The molecule has 0 aliphatic heterocycles. The molecule has 1 saturated carbocycles. The second kappa shape index (κ2) is 4.73. The largest absolute Gasteiger partial charge is 0.342 e. The number of likely N-dealkylation sites (N-methyl/N-ethyl adjacent to an activating group) is 1. The third-order valence-corrected chi connectivity index (χ3v) is 4.08. The summed E-state index contributed by atoms with van der Waals surface area (Å²) in [6, 6.07) is 9.50. The Kier molecular flexibility index (Phi) is 3.08. The van der Waals surface area contributed by atoms with Gasteiger partial charge in [-0.25, -0.2) is 0 Å². The van der Waals surface area contributed by atoms with Crippen molar-refractivity contribution in [2.75, 3.05) is 13.6 Å². The fraction of sp³-hybridized carbons (Fsp3) is 0.533. The minimum absolute atomic E-state index is 0.230. The molecule has 3 rings (SSSR count). The lowest BCUT2D eigenvalue weighted by molar-refractivity contribution is -0.129. The summed E-state index contributed by atoms with van der Waals surface area (Å²) < 4.78 is 0. The molecule has 0 spiro atoms. The van der Waals surface area contributed by atoms with Crippen LogP contribution in [0.2, 0.25) is 0 Å². The van der Waals surface area contributed by atoms with Crippen LogP contribution in [0, 0.1) is 0 Å². The van der Waals surface area contributed by atoms with Crippen molar-refractivity contribution in [1.29, 1.82) is 0 Å². The third kappa shape index (κ3) is 2.41. The van der Waals surface area contributed by atoms with Gasteiger partial charge in [-0.05, 0) is 36.8 Å². The van der Waals surface area contributed by atoms with Gasteiger partial charge >= 0.3 is 0 Å². The number of nitrogens with one attached hydrogen (secondary N) is 1. The summed E-state index contributed by atoms with van der Waals surface area (Å²) in [5.41, 5.74) is 2.86. The molecule has 1 fully saturated rings. The molecule has 18 heavy (non-hydrogen) atoms. The zero-order valence-corrected chi connectivity index (χ0v) is 10.9. The van der Waals surface area contributed by atoms with Crippen molar-refractivity contribution in [2.45, 2.75) is 37.8 Å². The minimum Gasteiger partial charge on any atom is -0.342 e. The molecule has 1 amide bonds. The number of benzene rings is 1. The summed E-state index contributed by atoms with van der Waals surface area (Å²) in [4.78, 5) is 13.8. The van der Waals surface area contributed by atoms with Gasteiger partial charge in [0.1, 0.15) is 0 Å². The highest BCUT2D eigenvalue weighted by Gasteiger charge is 2.29. The van der Waals surface area contributed by atoms with Crippen LogP contribution in [-0.2, 0) is 17.6 Å². The molecule has 0 bridgehead atoms. The number of hydrogen-bond acceptors (Lipinski definition) is 2. The minimum atomic E-state index is 0.230.